The van der Waals surface area contributed by atoms with Crippen LogP contribution < -0.4 is 10.9 Å². The maximum atomic E-state index is 10.0. The molecular formula is C33H35BIrN3O2-. The van der Waals surface area contributed by atoms with Crippen molar-refractivity contribution in [3.8, 4) is 11.3 Å². The van der Waals surface area contributed by atoms with Gasteiger partial charge in [-0.15, -0.1) is 29.2 Å². The fourth-order valence-electron chi connectivity index (χ4n) is 5.09. The monoisotopic (exact) mass is 709 g/mol. The number of amidine groups is 1. The average molecular weight is 709 g/mol. The molecule has 0 aliphatic carbocycles. The maximum Gasteiger partial charge on any atom is 0.312 e. The number of fused-ring (bicyclic) bond motifs is 2. The molecular weight excluding hydrogens is 673 g/mol. The summed E-state index contributed by atoms with van der Waals surface area (Å²) in [6.07, 6.45) is 11.4. The summed E-state index contributed by atoms with van der Waals surface area (Å²) < 4.78 is 0. The summed E-state index contributed by atoms with van der Waals surface area (Å²) in [7, 11) is 0. The molecule has 0 amide bonds. The molecule has 0 saturated heterocycles. The van der Waals surface area contributed by atoms with E-state index >= 15 is 0 Å². The smallest absolute Gasteiger partial charge is 0.312 e. The Balaban J connectivity index is 0.000000492. The van der Waals surface area contributed by atoms with Gasteiger partial charge >= 0.3 is 6.85 Å². The van der Waals surface area contributed by atoms with Gasteiger partial charge < -0.3 is 14.9 Å². The number of hydrogen-bond acceptors (Lipinski definition) is 5. The van der Waals surface area contributed by atoms with Crippen molar-refractivity contribution in [3.63, 3.8) is 0 Å². The Labute approximate surface area is 251 Å². The second-order valence-electron chi connectivity index (χ2n) is 10.4. The second-order valence-corrected chi connectivity index (χ2v) is 10.4. The average Bonchev–Trinajstić information content (AvgIpc) is 2.91. The van der Waals surface area contributed by atoms with E-state index < -0.39 is 0 Å². The number of aromatic nitrogens is 1. The first-order valence-electron chi connectivity index (χ1n) is 13.4. The summed E-state index contributed by atoms with van der Waals surface area (Å²) in [6, 6.07) is 20.4. The first-order valence-corrected chi connectivity index (χ1v) is 13.4. The number of nitrogens with zero attached hydrogens (tertiary/aromatic N) is 3. The first-order chi connectivity index (χ1) is 18.7. The predicted octanol–water partition coefficient (Wildman–Crippen LogP) is 6.37. The van der Waals surface area contributed by atoms with Crippen LogP contribution in [0.3, 0.4) is 0 Å². The SMILES string of the molecule is CC(=O)/C=C(/C)O.CC(C)c1cccc(C(C)C)c1B1c2cc[c-]c(-c3ccccn3)c2N=C2C=CC=CN12.[Ir]. The Hall–Kier alpha value is -3.54. The quantitative estimate of drug-likeness (QED) is 0.145. The molecule has 0 saturated carbocycles. The van der Waals surface area contributed by atoms with Crippen LogP contribution in [0.25, 0.3) is 11.3 Å². The van der Waals surface area contributed by atoms with E-state index in [1.165, 1.54) is 42.0 Å². The van der Waals surface area contributed by atoms with Crippen molar-refractivity contribution in [3.05, 3.63) is 108 Å². The zero-order valence-electron chi connectivity index (χ0n) is 23.8. The number of aliphatic hydroxyl groups excluding tert-OH is 1. The Kier molecular flexibility index (Phi) is 10.6. The minimum Gasteiger partial charge on any atom is -0.512 e. The largest absolute Gasteiger partial charge is 0.512 e. The van der Waals surface area contributed by atoms with Crippen LogP contribution >= 0.6 is 0 Å². The molecule has 5 rings (SSSR count). The van der Waals surface area contributed by atoms with Crippen molar-refractivity contribution >= 4 is 35.1 Å². The topological polar surface area (TPSA) is 65.8 Å². The molecule has 0 atom stereocenters. The molecule has 0 spiro atoms. The minimum atomic E-state index is -0.125. The van der Waals surface area contributed by atoms with Gasteiger partial charge in [-0.3, -0.25) is 9.79 Å². The van der Waals surface area contributed by atoms with Gasteiger partial charge in [-0.2, -0.15) is 0 Å². The molecule has 5 nitrogen and oxygen atoms in total. The van der Waals surface area contributed by atoms with Gasteiger partial charge in [0.2, 0.25) is 0 Å². The number of carbonyl (C=O) groups excluding carboxylic acids is 1. The van der Waals surface area contributed by atoms with Crippen molar-refractivity contribution in [1.29, 1.82) is 0 Å². The van der Waals surface area contributed by atoms with Crippen LogP contribution in [-0.2, 0) is 24.9 Å². The number of hydrogen-bond donors (Lipinski definition) is 1. The number of ketones is 1. The predicted molar refractivity (Wildman–Crippen MR) is 162 cm³/mol. The minimum absolute atomic E-state index is 0. The van der Waals surface area contributed by atoms with E-state index in [1.807, 2.05) is 30.5 Å². The number of allylic oxidation sites excluding steroid dienone is 4. The van der Waals surface area contributed by atoms with Crippen LogP contribution in [-0.4, -0.2) is 33.4 Å². The van der Waals surface area contributed by atoms with Crippen molar-refractivity contribution in [2.45, 2.75) is 53.4 Å². The van der Waals surface area contributed by atoms with Gasteiger partial charge in [0, 0.05) is 32.4 Å². The third kappa shape index (κ3) is 6.78. The van der Waals surface area contributed by atoms with Crippen molar-refractivity contribution in [2.24, 2.45) is 4.99 Å². The summed E-state index contributed by atoms with van der Waals surface area (Å²) in [6.45, 7) is 12.0. The summed E-state index contributed by atoms with van der Waals surface area (Å²) in [4.78, 5) is 22.0. The van der Waals surface area contributed by atoms with E-state index in [0.717, 1.165) is 22.8 Å². The Morgan fingerprint density at radius 1 is 1.00 bits per heavy atom. The van der Waals surface area contributed by atoms with Gasteiger partial charge in [0.1, 0.15) is 5.84 Å². The fraction of sp³-hybridized carbons (Fsp3) is 0.242. The van der Waals surface area contributed by atoms with E-state index in [9.17, 15) is 4.79 Å². The summed E-state index contributed by atoms with van der Waals surface area (Å²) >= 11 is 0. The third-order valence-corrected chi connectivity index (χ3v) is 6.69. The Morgan fingerprint density at radius 3 is 2.25 bits per heavy atom. The third-order valence-electron chi connectivity index (χ3n) is 6.69. The number of carbonyl (C=O) groups is 1. The Morgan fingerprint density at radius 2 is 1.70 bits per heavy atom. The fourth-order valence-corrected chi connectivity index (χ4v) is 5.09. The molecule has 207 valence electrons. The molecule has 1 radical (unpaired) electrons. The van der Waals surface area contributed by atoms with Gasteiger partial charge in [0.15, 0.2) is 5.78 Å². The van der Waals surface area contributed by atoms with Crippen LogP contribution in [0.2, 0.25) is 0 Å². The van der Waals surface area contributed by atoms with Crippen LogP contribution in [0.1, 0.15) is 64.5 Å². The van der Waals surface area contributed by atoms with Gasteiger partial charge in [0.25, 0.3) is 0 Å². The normalized spacial score (nSPS) is 13.7. The van der Waals surface area contributed by atoms with E-state index in [2.05, 4.69) is 92.2 Å². The zero-order chi connectivity index (χ0) is 28.1. The molecule has 3 aromatic rings. The van der Waals surface area contributed by atoms with Gasteiger partial charge in [-0.1, -0.05) is 64.1 Å². The van der Waals surface area contributed by atoms with Gasteiger partial charge in [-0.25, -0.2) is 0 Å². The molecule has 0 bridgehead atoms. The molecule has 2 aliphatic heterocycles. The number of benzene rings is 2. The summed E-state index contributed by atoms with van der Waals surface area (Å²) in [5.74, 6) is 1.73. The summed E-state index contributed by atoms with van der Waals surface area (Å²) in [5, 5.41) is 8.36. The van der Waals surface area contributed by atoms with Gasteiger partial charge in [0.05, 0.1) is 5.76 Å². The van der Waals surface area contributed by atoms with Crippen molar-refractivity contribution < 1.29 is 30.0 Å². The molecule has 1 aromatic heterocycles. The van der Waals surface area contributed by atoms with E-state index in [4.69, 9.17) is 10.1 Å². The molecule has 0 fully saturated rings. The van der Waals surface area contributed by atoms with Crippen LogP contribution in [0.4, 0.5) is 5.69 Å². The Bertz CT molecular complexity index is 1450. The molecule has 7 heteroatoms. The van der Waals surface area contributed by atoms with Crippen LogP contribution in [0.15, 0.2) is 96.0 Å². The second kappa shape index (κ2) is 13.7. The molecule has 3 heterocycles. The standard InChI is InChI=1S/C28H27BN3.C5H8O2.Ir/c1-19(2)21-11-9-12-22(20(3)4)27(21)29-24-14-10-13-23(25-15-5-7-17-30-25)28(24)31-26-16-6-8-18-32(26)29;1-4(6)3-5(2)7;/h5-12,14-20H,1-4H3;3,6H,1-2H3;/q-1;;/b;4-3-;. The van der Waals surface area contributed by atoms with E-state index in [0.29, 0.717) is 11.8 Å². The molecule has 1 N–H and O–H groups in total. The zero-order valence-corrected chi connectivity index (χ0v) is 26.2. The number of pyridine rings is 1. The number of aliphatic imine (C=N–C) groups is 1. The molecule has 2 aromatic carbocycles. The maximum absolute atomic E-state index is 10.0. The number of aliphatic hydroxyl groups is 1. The van der Waals surface area contributed by atoms with Gasteiger partial charge in [-0.05, 0) is 78.1 Å². The molecule has 2 aliphatic rings. The molecule has 40 heavy (non-hydrogen) atoms. The van der Waals surface area contributed by atoms with E-state index in [1.54, 1.807) is 0 Å². The van der Waals surface area contributed by atoms with Crippen LogP contribution in [0.5, 0.6) is 0 Å². The number of rotatable bonds is 5. The van der Waals surface area contributed by atoms with Crippen molar-refractivity contribution in [1.82, 2.24) is 9.79 Å². The summed E-state index contributed by atoms with van der Waals surface area (Å²) in [5.41, 5.74) is 8.20. The molecule has 0 unspecified atom stereocenters. The van der Waals surface area contributed by atoms with Crippen molar-refractivity contribution in [2.75, 3.05) is 0 Å². The van der Waals surface area contributed by atoms with Crippen LogP contribution in [0, 0.1) is 6.07 Å². The van der Waals surface area contributed by atoms with E-state index in [-0.39, 0.29) is 38.5 Å². The first kappa shape index (κ1) is 31.0.